The van der Waals surface area contributed by atoms with Gasteiger partial charge in [0, 0.05) is 35.0 Å². The second-order valence-electron chi connectivity index (χ2n) is 11.2. The maximum atomic E-state index is 12.7. The van der Waals surface area contributed by atoms with Crippen molar-refractivity contribution in [3.63, 3.8) is 0 Å². The van der Waals surface area contributed by atoms with E-state index in [0.29, 0.717) is 15.6 Å². The molecule has 0 aliphatic heterocycles. The highest BCUT2D eigenvalue weighted by molar-refractivity contribution is 7.16. The summed E-state index contributed by atoms with van der Waals surface area (Å²) in [7, 11) is 1.37. The van der Waals surface area contributed by atoms with Gasteiger partial charge in [0.15, 0.2) is 4.88 Å². The smallest absolute Gasteiger partial charge is 0.351 e. The summed E-state index contributed by atoms with van der Waals surface area (Å²) in [6.45, 7) is 10.9. The number of benzene rings is 2. The highest BCUT2D eigenvalue weighted by Crippen LogP contribution is 2.38. The maximum Gasteiger partial charge on any atom is 0.351 e. The average Bonchev–Trinajstić information content (AvgIpc) is 3.80. The number of nitrogens with zero attached hydrogens (tertiary/aromatic N) is 5. The summed E-state index contributed by atoms with van der Waals surface area (Å²) in [6, 6.07) is 15.6. The molecule has 0 N–H and O–H groups in total. The van der Waals surface area contributed by atoms with Gasteiger partial charge in [-0.15, -0.1) is 11.3 Å². The van der Waals surface area contributed by atoms with Gasteiger partial charge in [-0.1, -0.05) is 62.6 Å². The van der Waals surface area contributed by atoms with E-state index in [2.05, 4.69) is 53.2 Å². The van der Waals surface area contributed by atoms with Gasteiger partial charge >= 0.3 is 5.97 Å². The molecule has 3 heterocycles. The van der Waals surface area contributed by atoms with Crippen LogP contribution in [0.25, 0.3) is 27.2 Å². The molecule has 0 amide bonds. The van der Waals surface area contributed by atoms with E-state index in [0.717, 1.165) is 52.2 Å². The normalized spacial score (nSPS) is 12.2. The Labute approximate surface area is 274 Å². The van der Waals surface area contributed by atoms with E-state index in [-0.39, 0.29) is 6.10 Å². The van der Waals surface area contributed by atoms with Gasteiger partial charge in [0.25, 0.3) is 0 Å². The van der Waals surface area contributed by atoms with Crippen LogP contribution >= 0.6 is 22.9 Å². The summed E-state index contributed by atoms with van der Waals surface area (Å²) in [5, 5.41) is 6.02. The van der Waals surface area contributed by atoms with Gasteiger partial charge in [0.2, 0.25) is 0 Å². The molecular formula is C35H42ClN5O3S. The van der Waals surface area contributed by atoms with Gasteiger partial charge < -0.3 is 14.4 Å². The molecule has 0 aliphatic rings. The average molecular weight is 648 g/mol. The van der Waals surface area contributed by atoms with Crippen molar-refractivity contribution < 1.29 is 14.3 Å². The number of thiophene rings is 1. The summed E-state index contributed by atoms with van der Waals surface area (Å²) in [5.74, 6) is -0.00832. The van der Waals surface area contributed by atoms with Crippen molar-refractivity contribution in [3.05, 3.63) is 82.7 Å². The number of hydrogen-bond acceptors (Lipinski definition) is 7. The standard InChI is InChI=1S/C35H42ClN5O3S/c1-5-17-39(6-2)18-11-7-8-12-19-40-23-27(22-38-40)26-15-16-31-30(20-26)37-24-41(31)33-21-32(34(45-33)35(42)43-4)44-25(3)28-13-9-10-14-29(28)36/h9-10,13-16,20-25H,5-8,11-12,17-19H2,1-4H3/t25-/m1/s1. The number of aryl methyl sites for hydroxylation is 1. The van der Waals surface area contributed by atoms with Crippen LogP contribution in [0.5, 0.6) is 5.75 Å². The lowest BCUT2D eigenvalue weighted by Gasteiger charge is -2.19. The zero-order chi connectivity index (χ0) is 31.8. The third kappa shape index (κ3) is 7.95. The highest BCUT2D eigenvalue weighted by Gasteiger charge is 2.23. The number of rotatable bonds is 16. The number of fused-ring (bicyclic) bond motifs is 1. The Morgan fingerprint density at radius 1 is 1.04 bits per heavy atom. The van der Waals surface area contributed by atoms with Crippen LogP contribution in [0.15, 0.2) is 67.3 Å². The number of carbonyl (C=O) groups excluding carboxylic acids is 1. The van der Waals surface area contributed by atoms with E-state index in [1.807, 2.05) is 52.7 Å². The van der Waals surface area contributed by atoms with E-state index in [1.54, 1.807) is 6.33 Å². The van der Waals surface area contributed by atoms with Gasteiger partial charge in [-0.25, -0.2) is 9.78 Å². The summed E-state index contributed by atoms with van der Waals surface area (Å²) in [6.07, 6.45) is 11.5. The van der Waals surface area contributed by atoms with E-state index in [4.69, 9.17) is 21.1 Å². The van der Waals surface area contributed by atoms with Crippen LogP contribution in [0, 0.1) is 0 Å². The summed E-state index contributed by atoms with van der Waals surface area (Å²) in [5.41, 5.74) is 4.75. The highest BCUT2D eigenvalue weighted by atomic mass is 35.5. The predicted octanol–water partition coefficient (Wildman–Crippen LogP) is 8.82. The summed E-state index contributed by atoms with van der Waals surface area (Å²) >= 11 is 7.70. The van der Waals surface area contributed by atoms with Gasteiger partial charge in [-0.3, -0.25) is 9.25 Å². The number of aromatic nitrogens is 4. The van der Waals surface area contributed by atoms with Gasteiger partial charge in [0.05, 0.1) is 24.3 Å². The molecule has 0 unspecified atom stereocenters. The molecule has 45 heavy (non-hydrogen) atoms. The van der Waals surface area contributed by atoms with Gasteiger partial charge in [-0.2, -0.15) is 5.10 Å². The van der Waals surface area contributed by atoms with E-state index < -0.39 is 5.97 Å². The third-order valence-electron chi connectivity index (χ3n) is 8.05. The van der Waals surface area contributed by atoms with E-state index in [9.17, 15) is 4.79 Å². The van der Waals surface area contributed by atoms with Crippen molar-refractivity contribution in [2.24, 2.45) is 0 Å². The Morgan fingerprint density at radius 3 is 2.64 bits per heavy atom. The fraction of sp³-hybridized carbons (Fsp3) is 0.400. The van der Waals surface area contributed by atoms with Crippen molar-refractivity contribution in [1.82, 2.24) is 24.2 Å². The Bertz CT molecular complexity index is 1710. The molecule has 0 saturated heterocycles. The van der Waals surface area contributed by atoms with Crippen molar-refractivity contribution in [2.75, 3.05) is 26.7 Å². The fourth-order valence-corrected chi connectivity index (χ4v) is 6.85. The molecular weight excluding hydrogens is 606 g/mol. The zero-order valence-corrected chi connectivity index (χ0v) is 28.1. The SMILES string of the molecule is CCCN(CC)CCCCCCn1cc(-c2ccc3c(c2)ncn3-c2cc(O[C@H](C)c3ccccc3Cl)c(C(=O)OC)s2)cn1. The topological polar surface area (TPSA) is 74.4 Å². The molecule has 0 radical (unpaired) electrons. The number of ether oxygens (including phenoxy) is 2. The second-order valence-corrected chi connectivity index (χ2v) is 12.6. The molecule has 0 aliphatic carbocycles. The zero-order valence-electron chi connectivity index (χ0n) is 26.5. The van der Waals surface area contributed by atoms with Crippen LogP contribution in [0.2, 0.25) is 5.02 Å². The molecule has 0 spiro atoms. The lowest BCUT2D eigenvalue weighted by molar-refractivity contribution is 0.0600. The molecule has 1 atom stereocenters. The van der Waals surface area contributed by atoms with Gasteiger partial charge in [0.1, 0.15) is 23.2 Å². The summed E-state index contributed by atoms with van der Waals surface area (Å²) < 4.78 is 15.3. The molecule has 10 heteroatoms. The molecule has 0 bridgehead atoms. The Balaban J connectivity index is 1.26. The number of esters is 1. The monoisotopic (exact) mass is 647 g/mol. The minimum absolute atomic E-state index is 0.366. The number of halogens is 1. The minimum Gasteiger partial charge on any atom is -0.484 e. The first kappa shape index (κ1) is 32.7. The molecule has 5 aromatic rings. The van der Waals surface area contributed by atoms with Crippen molar-refractivity contribution >= 4 is 39.9 Å². The molecule has 8 nitrogen and oxygen atoms in total. The third-order valence-corrected chi connectivity index (χ3v) is 9.49. The molecule has 238 valence electrons. The Morgan fingerprint density at radius 2 is 1.87 bits per heavy atom. The first-order chi connectivity index (χ1) is 21.9. The number of carbonyl (C=O) groups is 1. The molecule has 2 aromatic carbocycles. The van der Waals surface area contributed by atoms with Crippen molar-refractivity contribution in [3.8, 4) is 21.9 Å². The lowest BCUT2D eigenvalue weighted by Crippen LogP contribution is -2.25. The van der Waals surface area contributed by atoms with Crippen LogP contribution in [0.3, 0.4) is 0 Å². The molecule has 3 aromatic heterocycles. The predicted molar refractivity (Wildman–Crippen MR) is 183 cm³/mol. The van der Waals surface area contributed by atoms with E-state index >= 15 is 0 Å². The van der Waals surface area contributed by atoms with Crippen LogP contribution in [-0.4, -0.2) is 56.9 Å². The molecule has 5 rings (SSSR count). The van der Waals surface area contributed by atoms with Crippen LogP contribution in [0.1, 0.15) is 74.2 Å². The fourth-order valence-electron chi connectivity index (χ4n) is 5.57. The maximum absolute atomic E-state index is 12.7. The Kier molecular flexibility index (Phi) is 11.3. The quantitative estimate of drug-likeness (QED) is 0.0787. The van der Waals surface area contributed by atoms with Crippen LogP contribution < -0.4 is 4.74 Å². The number of unbranched alkanes of at least 4 members (excludes halogenated alkanes) is 3. The molecule has 0 saturated carbocycles. The van der Waals surface area contributed by atoms with Crippen LogP contribution in [0.4, 0.5) is 0 Å². The first-order valence-corrected chi connectivity index (χ1v) is 17.0. The van der Waals surface area contributed by atoms with Crippen LogP contribution in [-0.2, 0) is 11.3 Å². The summed E-state index contributed by atoms with van der Waals surface area (Å²) in [4.78, 5) is 20.3. The second kappa shape index (κ2) is 15.6. The van der Waals surface area contributed by atoms with Crippen molar-refractivity contribution in [2.45, 2.75) is 65.5 Å². The first-order valence-electron chi connectivity index (χ1n) is 15.8. The minimum atomic E-state index is -0.452. The molecule has 0 fully saturated rings. The number of hydrogen-bond donors (Lipinski definition) is 0. The van der Waals surface area contributed by atoms with E-state index in [1.165, 1.54) is 57.2 Å². The largest absolute Gasteiger partial charge is 0.484 e. The number of methoxy groups -OCH3 is 1. The number of imidazole rings is 1. The Hall–Kier alpha value is -3.66. The van der Waals surface area contributed by atoms with Gasteiger partial charge in [-0.05, 0) is 69.6 Å². The lowest BCUT2D eigenvalue weighted by atomic mass is 10.1. The van der Waals surface area contributed by atoms with Crippen molar-refractivity contribution in [1.29, 1.82) is 0 Å².